The zero-order chi connectivity index (χ0) is 15.5. The fraction of sp³-hybridized carbons (Fsp3) is 0.950. The largest absolute Gasteiger partial charge is 0.481 e. The number of fused-ring (bicyclic) bond motifs is 5. The zero-order valence-corrected chi connectivity index (χ0v) is 14.3. The van der Waals surface area contributed by atoms with Gasteiger partial charge in [0.25, 0.3) is 0 Å². The first kappa shape index (κ1) is 15.0. The number of carboxylic acid groups (broad SMARTS) is 1. The summed E-state index contributed by atoms with van der Waals surface area (Å²) in [7, 11) is 0. The Balaban J connectivity index is 1.58. The molecule has 4 fully saturated rings. The Kier molecular flexibility index (Phi) is 3.40. The Bertz CT molecular complexity index is 472. The third kappa shape index (κ3) is 2.01. The van der Waals surface area contributed by atoms with E-state index in [4.69, 9.17) is 0 Å². The van der Waals surface area contributed by atoms with Gasteiger partial charge in [0.15, 0.2) is 0 Å². The van der Waals surface area contributed by atoms with Crippen LogP contribution in [0.3, 0.4) is 0 Å². The molecule has 0 aromatic rings. The Hall–Kier alpha value is -0.530. The van der Waals surface area contributed by atoms with Crippen LogP contribution in [0.4, 0.5) is 0 Å². The molecule has 0 aromatic heterocycles. The fourth-order valence-corrected chi connectivity index (χ4v) is 7.48. The Morgan fingerprint density at radius 1 is 0.955 bits per heavy atom. The molecule has 1 unspecified atom stereocenters. The van der Waals surface area contributed by atoms with E-state index in [9.17, 15) is 9.90 Å². The van der Waals surface area contributed by atoms with Crippen LogP contribution in [0.2, 0.25) is 0 Å². The van der Waals surface area contributed by atoms with E-state index in [0.717, 1.165) is 30.6 Å². The smallest absolute Gasteiger partial charge is 0.306 e. The summed E-state index contributed by atoms with van der Waals surface area (Å²) in [6.45, 7) is 5.10. The second-order valence-corrected chi connectivity index (χ2v) is 9.55. The third-order valence-electron chi connectivity index (χ3n) is 8.80. The molecular weight excluding hydrogens is 272 g/mol. The molecule has 2 heteroatoms. The van der Waals surface area contributed by atoms with E-state index >= 15 is 0 Å². The molecule has 124 valence electrons. The maximum atomic E-state index is 11.4. The van der Waals surface area contributed by atoms with Crippen molar-refractivity contribution in [2.24, 2.45) is 40.4 Å². The monoisotopic (exact) mass is 304 g/mol. The molecule has 4 saturated carbocycles. The maximum absolute atomic E-state index is 11.4. The van der Waals surface area contributed by atoms with Gasteiger partial charge in [0, 0.05) is 0 Å². The van der Waals surface area contributed by atoms with Crippen molar-refractivity contribution >= 4 is 5.97 Å². The van der Waals surface area contributed by atoms with Crippen LogP contribution < -0.4 is 0 Å². The molecule has 0 aliphatic heterocycles. The molecule has 0 aromatic carbocycles. The van der Waals surface area contributed by atoms with Gasteiger partial charge in [-0.1, -0.05) is 20.3 Å². The van der Waals surface area contributed by atoms with Gasteiger partial charge in [-0.05, 0) is 92.3 Å². The summed E-state index contributed by atoms with van der Waals surface area (Å²) >= 11 is 0. The average molecular weight is 304 g/mol. The lowest BCUT2D eigenvalue weighted by Crippen LogP contribution is -2.53. The number of hydrogen-bond acceptors (Lipinski definition) is 1. The summed E-state index contributed by atoms with van der Waals surface area (Å²) in [6, 6.07) is 0. The van der Waals surface area contributed by atoms with Crippen LogP contribution in [0.5, 0.6) is 0 Å². The minimum Gasteiger partial charge on any atom is -0.481 e. The predicted octanol–water partition coefficient (Wildman–Crippen LogP) is 5.12. The summed E-state index contributed by atoms with van der Waals surface area (Å²) in [5, 5.41) is 9.40. The molecule has 0 saturated heterocycles. The van der Waals surface area contributed by atoms with Gasteiger partial charge in [-0.15, -0.1) is 0 Å². The van der Waals surface area contributed by atoms with Crippen molar-refractivity contribution in [2.45, 2.75) is 78.1 Å². The molecule has 4 aliphatic carbocycles. The summed E-state index contributed by atoms with van der Waals surface area (Å²) in [4.78, 5) is 11.4. The first-order valence-electron chi connectivity index (χ1n) is 9.67. The predicted molar refractivity (Wildman–Crippen MR) is 87.5 cm³/mol. The molecule has 7 atom stereocenters. The highest BCUT2D eigenvalue weighted by atomic mass is 16.4. The summed E-state index contributed by atoms with van der Waals surface area (Å²) < 4.78 is 0. The first-order chi connectivity index (χ1) is 10.4. The van der Waals surface area contributed by atoms with E-state index in [1.165, 1.54) is 51.4 Å². The topological polar surface area (TPSA) is 37.3 Å². The van der Waals surface area contributed by atoms with Gasteiger partial charge in [0.2, 0.25) is 0 Å². The lowest BCUT2D eigenvalue weighted by Gasteiger charge is -2.60. The van der Waals surface area contributed by atoms with Crippen molar-refractivity contribution in [3.8, 4) is 0 Å². The first-order valence-corrected chi connectivity index (χ1v) is 9.67. The molecule has 0 radical (unpaired) electrons. The second-order valence-electron chi connectivity index (χ2n) is 9.55. The minimum absolute atomic E-state index is 0.0602. The van der Waals surface area contributed by atoms with E-state index in [0.29, 0.717) is 16.7 Å². The van der Waals surface area contributed by atoms with Gasteiger partial charge in [-0.25, -0.2) is 0 Å². The van der Waals surface area contributed by atoms with Gasteiger partial charge >= 0.3 is 5.97 Å². The molecule has 0 bridgehead atoms. The standard InChI is InChI=1S/C20H32O2/c1-19-9-3-4-16(19)15-6-5-14-12-13(18(21)22)7-11-20(14,2)17(15)8-10-19/h13-17H,3-12H2,1-2H3,(H,21,22)/t13?,14-,15+,16+,17+,19+,20+/m1/s1. The average Bonchev–Trinajstić information content (AvgIpc) is 2.88. The van der Waals surface area contributed by atoms with Crippen LogP contribution >= 0.6 is 0 Å². The fourth-order valence-electron chi connectivity index (χ4n) is 7.48. The molecule has 2 nitrogen and oxygen atoms in total. The summed E-state index contributed by atoms with van der Waals surface area (Å²) in [5.41, 5.74) is 1.08. The highest BCUT2D eigenvalue weighted by Crippen LogP contribution is 2.66. The normalized spacial score (nSPS) is 54.2. The van der Waals surface area contributed by atoms with Crippen LogP contribution in [0, 0.1) is 40.4 Å². The van der Waals surface area contributed by atoms with E-state index in [1.54, 1.807) is 0 Å². The molecule has 0 amide bonds. The number of hydrogen-bond donors (Lipinski definition) is 1. The van der Waals surface area contributed by atoms with E-state index in [2.05, 4.69) is 13.8 Å². The van der Waals surface area contributed by atoms with Gasteiger partial charge in [0.05, 0.1) is 5.92 Å². The van der Waals surface area contributed by atoms with Crippen molar-refractivity contribution in [2.75, 3.05) is 0 Å². The number of carbonyl (C=O) groups is 1. The highest BCUT2D eigenvalue weighted by Gasteiger charge is 2.58. The van der Waals surface area contributed by atoms with Gasteiger partial charge < -0.3 is 5.11 Å². The van der Waals surface area contributed by atoms with Crippen LogP contribution in [-0.2, 0) is 4.79 Å². The van der Waals surface area contributed by atoms with E-state index in [1.807, 2.05) is 0 Å². The molecule has 22 heavy (non-hydrogen) atoms. The highest BCUT2D eigenvalue weighted by molar-refractivity contribution is 5.70. The van der Waals surface area contributed by atoms with Crippen molar-refractivity contribution in [3.63, 3.8) is 0 Å². The number of rotatable bonds is 1. The molecule has 4 aliphatic rings. The maximum Gasteiger partial charge on any atom is 0.306 e. The van der Waals surface area contributed by atoms with E-state index < -0.39 is 5.97 Å². The lowest BCUT2D eigenvalue weighted by molar-refractivity contribution is -0.151. The minimum atomic E-state index is -0.545. The molecule has 1 N–H and O–H groups in total. The van der Waals surface area contributed by atoms with E-state index in [-0.39, 0.29) is 5.92 Å². The Labute approximate surface area is 135 Å². The number of aliphatic carboxylic acids is 1. The zero-order valence-electron chi connectivity index (χ0n) is 14.3. The summed E-state index contributed by atoms with van der Waals surface area (Å²) in [6.07, 6.45) is 13.0. The second kappa shape index (κ2) is 4.98. The lowest BCUT2D eigenvalue weighted by atomic mass is 9.45. The van der Waals surface area contributed by atoms with Crippen molar-refractivity contribution in [1.82, 2.24) is 0 Å². The van der Waals surface area contributed by atoms with Crippen molar-refractivity contribution < 1.29 is 9.90 Å². The molecule has 0 spiro atoms. The Morgan fingerprint density at radius 2 is 1.77 bits per heavy atom. The van der Waals surface area contributed by atoms with Gasteiger partial charge in [-0.3, -0.25) is 4.79 Å². The quantitative estimate of drug-likeness (QED) is 0.730. The van der Waals surface area contributed by atoms with Crippen LogP contribution in [-0.4, -0.2) is 11.1 Å². The molecule has 4 rings (SSSR count). The van der Waals surface area contributed by atoms with Gasteiger partial charge in [-0.2, -0.15) is 0 Å². The molecule has 0 heterocycles. The molecular formula is C20H32O2. The third-order valence-corrected chi connectivity index (χ3v) is 8.80. The summed E-state index contributed by atoms with van der Waals surface area (Å²) in [5.74, 6) is 2.88. The van der Waals surface area contributed by atoms with Crippen molar-refractivity contribution in [1.29, 1.82) is 0 Å². The number of carboxylic acids is 1. The SMILES string of the molecule is C[C@@]12CCC[C@H]1[C@@H]1CC[C@@H]3CC(C(=O)O)CC[C@]3(C)[C@H]1CC2. The Morgan fingerprint density at radius 3 is 2.55 bits per heavy atom. The van der Waals surface area contributed by atoms with Gasteiger partial charge in [0.1, 0.15) is 0 Å². The van der Waals surface area contributed by atoms with Crippen LogP contribution in [0.15, 0.2) is 0 Å². The van der Waals surface area contributed by atoms with Crippen LogP contribution in [0.25, 0.3) is 0 Å². The van der Waals surface area contributed by atoms with Crippen molar-refractivity contribution in [3.05, 3.63) is 0 Å². The van der Waals surface area contributed by atoms with Crippen LogP contribution in [0.1, 0.15) is 78.1 Å².